The molecular formula is C16H20Cl2N2O2. The summed E-state index contributed by atoms with van der Waals surface area (Å²) in [7, 11) is 0. The molecule has 22 heavy (non-hydrogen) atoms. The Bertz CT molecular complexity index is 599. The summed E-state index contributed by atoms with van der Waals surface area (Å²) in [6.45, 7) is 7.04. The van der Waals surface area contributed by atoms with E-state index in [9.17, 15) is 10.1 Å². The Hall–Kier alpha value is -1.44. The molecule has 1 amide bonds. The van der Waals surface area contributed by atoms with Crippen molar-refractivity contribution >= 4 is 29.1 Å². The lowest BCUT2D eigenvalue weighted by Crippen LogP contribution is -2.49. The molecule has 0 aromatic heterocycles. The van der Waals surface area contributed by atoms with Crippen LogP contribution in [-0.4, -0.2) is 17.6 Å². The highest BCUT2D eigenvalue weighted by molar-refractivity contribution is 6.36. The molecule has 0 heterocycles. The standard InChI is InChI=1S/C16H20Cl2N2O2/c1-5-8-16(4,9-19)20-15(21)11(3)22-13-7-6-12(17)10(2)14(13)18/h6-7,11H,5,8H2,1-4H3,(H,20,21). The molecule has 6 heteroatoms. The lowest BCUT2D eigenvalue weighted by molar-refractivity contribution is -0.128. The van der Waals surface area contributed by atoms with Crippen LogP contribution in [0.15, 0.2) is 12.1 Å². The molecule has 0 aliphatic rings. The van der Waals surface area contributed by atoms with Gasteiger partial charge in [0, 0.05) is 5.02 Å². The van der Waals surface area contributed by atoms with Gasteiger partial charge in [-0.3, -0.25) is 4.79 Å². The van der Waals surface area contributed by atoms with Crippen LogP contribution in [-0.2, 0) is 4.79 Å². The molecule has 0 fully saturated rings. The number of nitriles is 1. The van der Waals surface area contributed by atoms with E-state index in [4.69, 9.17) is 27.9 Å². The van der Waals surface area contributed by atoms with Gasteiger partial charge in [-0.2, -0.15) is 5.26 Å². The summed E-state index contributed by atoms with van der Waals surface area (Å²) in [6.07, 6.45) is 0.590. The summed E-state index contributed by atoms with van der Waals surface area (Å²) < 4.78 is 5.60. The molecule has 1 aromatic carbocycles. The Morgan fingerprint density at radius 1 is 1.50 bits per heavy atom. The second-order valence-corrected chi connectivity index (χ2v) is 6.21. The van der Waals surface area contributed by atoms with Crippen molar-refractivity contribution < 1.29 is 9.53 Å². The van der Waals surface area contributed by atoms with Crippen LogP contribution in [0.25, 0.3) is 0 Å². The summed E-state index contributed by atoms with van der Waals surface area (Å²) in [5.41, 5.74) is -0.204. The van der Waals surface area contributed by atoms with Crippen LogP contribution < -0.4 is 10.1 Å². The smallest absolute Gasteiger partial charge is 0.262 e. The second kappa shape index (κ2) is 7.71. The zero-order chi connectivity index (χ0) is 16.9. The summed E-state index contributed by atoms with van der Waals surface area (Å²) >= 11 is 12.1. The Morgan fingerprint density at radius 2 is 2.14 bits per heavy atom. The largest absolute Gasteiger partial charge is 0.479 e. The van der Waals surface area contributed by atoms with Crippen LogP contribution in [0.4, 0.5) is 0 Å². The number of nitrogens with one attached hydrogen (secondary N) is 1. The summed E-state index contributed by atoms with van der Waals surface area (Å²) in [5.74, 6) is 0.0292. The first-order valence-electron chi connectivity index (χ1n) is 7.08. The molecule has 1 aromatic rings. The van der Waals surface area contributed by atoms with Crippen molar-refractivity contribution in [2.45, 2.75) is 52.2 Å². The fraction of sp³-hybridized carbons (Fsp3) is 0.500. The van der Waals surface area contributed by atoms with Crippen LogP contribution >= 0.6 is 23.2 Å². The van der Waals surface area contributed by atoms with E-state index >= 15 is 0 Å². The number of rotatable bonds is 6. The zero-order valence-electron chi connectivity index (χ0n) is 13.2. The SMILES string of the molecule is CCCC(C)(C#N)NC(=O)C(C)Oc1ccc(Cl)c(C)c1Cl. The Kier molecular flexibility index (Phi) is 6.52. The number of carbonyl (C=O) groups is 1. The molecule has 120 valence electrons. The van der Waals surface area contributed by atoms with Crippen LogP contribution in [0.3, 0.4) is 0 Å². The first kappa shape index (κ1) is 18.6. The van der Waals surface area contributed by atoms with Gasteiger partial charge in [0.15, 0.2) is 6.10 Å². The predicted molar refractivity (Wildman–Crippen MR) is 88.4 cm³/mol. The van der Waals surface area contributed by atoms with Crippen molar-refractivity contribution in [2.24, 2.45) is 0 Å². The molecule has 0 aliphatic heterocycles. The highest BCUT2D eigenvalue weighted by Crippen LogP contribution is 2.33. The molecule has 0 radical (unpaired) electrons. The van der Waals surface area contributed by atoms with Crippen molar-refractivity contribution in [1.82, 2.24) is 5.32 Å². The third-order valence-corrected chi connectivity index (χ3v) is 4.23. The highest BCUT2D eigenvalue weighted by atomic mass is 35.5. The number of ether oxygens (including phenoxy) is 1. The molecule has 0 saturated carbocycles. The quantitative estimate of drug-likeness (QED) is 0.839. The van der Waals surface area contributed by atoms with Gasteiger partial charge in [-0.1, -0.05) is 36.5 Å². The van der Waals surface area contributed by atoms with Gasteiger partial charge in [0.05, 0.1) is 11.1 Å². The van der Waals surface area contributed by atoms with Crippen LogP contribution in [0, 0.1) is 18.3 Å². The normalized spacial score (nSPS) is 14.6. The summed E-state index contributed by atoms with van der Waals surface area (Å²) in [5, 5.41) is 12.8. The van der Waals surface area contributed by atoms with Crippen molar-refractivity contribution in [3.8, 4) is 11.8 Å². The van der Waals surface area contributed by atoms with Gasteiger partial charge < -0.3 is 10.1 Å². The van der Waals surface area contributed by atoms with Gasteiger partial charge >= 0.3 is 0 Å². The van der Waals surface area contributed by atoms with Crippen molar-refractivity contribution in [3.05, 3.63) is 27.7 Å². The number of halogens is 2. The van der Waals surface area contributed by atoms with Gasteiger partial charge in [-0.25, -0.2) is 0 Å². The topological polar surface area (TPSA) is 62.1 Å². The van der Waals surface area contributed by atoms with Crippen LogP contribution in [0.5, 0.6) is 5.75 Å². The average Bonchev–Trinajstić information content (AvgIpc) is 2.48. The number of amides is 1. The Morgan fingerprint density at radius 3 is 2.68 bits per heavy atom. The van der Waals surface area contributed by atoms with Gasteiger partial charge in [-0.05, 0) is 44.9 Å². The fourth-order valence-corrected chi connectivity index (χ4v) is 2.41. The number of hydrogen-bond acceptors (Lipinski definition) is 3. The van der Waals surface area contributed by atoms with E-state index in [2.05, 4.69) is 11.4 Å². The molecule has 1 N–H and O–H groups in total. The van der Waals surface area contributed by atoms with E-state index in [1.54, 1.807) is 32.9 Å². The van der Waals surface area contributed by atoms with Crippen LogP contribution in [0.2, 0.25) is 10.0 Å². The lowest BCUT2D eigenvalue weighted by atomic mass is 9.98. The van der Waals surface area contributed by atoms with E-state index in [1.165, 1.54) is 0 Å². The third kappa shape index (κ3) is 4.53. The monoisotopic (exact) mass is 342 g/mol. The zero-order valence-corrected chi connectivity index (χ0v) is 14.7. The maximum Gasteiger partial charge on any atom is 0.262 e. The highest BCUT2D eigenvalue weighted by Gasteiger charge is 2.28. The van der Waals surface area contributed by atoms with E-state index in [0.717, 1.165) is 6.42 Å². The van der Waals surface area contributed by atoms with E-state index in [1.807, 2.05) is 6.92 Å². The number of carbonyl (C=O) groups excluding carboxylic acids is 1. The fourth-order valence-electron chi connectivity index (χ4n) is 1.99. The molecule has 0 bridgehead atoms. The Labute approximate surface area is 141 Å². The summed E-state index contributed by atoms with van der Waals surface area (Å²) in [4.78, 5) is 12.2. The van der Waals surface area contributed by atoms with Gasteiger partial charge in [-0.15, -0.1) is 0 Å². The number of hydrogen-bond donors (Lipinski definition) is 1. The minimum atomic E-state index is -0.900. The van der Waals surface area contributed by atoms with Crippen molar-refractivity contribution in [3.63, 3.8) is 0 Å². The maximum absolute atomic E-state index is 12.2. The molecule has 2 atom stereocenters. The van der Waals surface area contributed by atoms with Gasteiger partial charge in [0.25, 0.3) is 5.91 Å². The molecule has 0 saturated heterocycles. The first-order valence-corrected chi connectivity index (χ1v) is 7.84. The minimum absolute atomic E-state index is 0.360. The molecule has 0 aliphatic carbocycles. The predicted octanol–water partition coefficient (Wildman–Crippen LogP) is 4.27. The molecular weight excluding hydrogens is 323 g/mol. The number of benzene rings is 1. The van der Waals surface area contributed by atoms with E-state index in [0.29, 0.717) is 27.8 Å². The lowest BCUT2D eigenvalue weighted by Gasteiger charge is -2.25. The van der Waals surface area contributed by atoms with Crippen molar-refractivity contribution in [2.75, 3.05) is 0 Å². The van der Waals surface area contributed by atoms with Crippen molar-refractivity contribution in [1.29, 1.82) is 5.26 Å². The maximum atomic E-state index is 12.2. The summed E-state index contributed by atoms with van der Waals surface area (Å²) in [6, 6.07) is 5.41. The van der Waals surface area contributed by atoms with Gasteiger partial charge in [0.2, 0.25) is 0 Å². The van der Waals surface area contributed by atoms with E-state index in [-0.39, 0.29) is 5.91 Å². The molecule has 2 unspecified atom stereocenters. The minimum Gasteiger partial charge on any atom is -0.479 e. The second-order valence-electron chi connectivity index (χ2n) is 5.43. The van der Waals surface area contributed by atoms with Gasteiger partial charge in [0.1, 0.15) is 11.3 Å². The van der Waals surface area contributed by atoms with E-state index < -0.39 is 11.6 Å². The third-order valence-electron chi connectivity index (χ3n) is 3.35. The average molecular weight is 343 g/mol. The molecule has 0 spiro atoms. The number of nitrogens with zero attached hydrogens (tertiary/aromatic N) is 1. The Balaban J connectivity index is 2.81. The first-order chi connectivity index (χ1) is 10.2. The molecule has 1 rings (SSSR count). The molecule has 4 nitrogen and oxygen atoms in total. The van der Waals surface area contributed by atoms with Crippen LogP contribution in [0.1, 0.15) is 39.2 Å².